The normalized spacial score (nSPS) is 11.5. The number of hydrogen-bond donors (Lipinski definition) is 1. The highest BCUT2D eigenvalue weighted by Crippen LogP contribution is 2.21. The molecule has 4 nitrogen and oxygen atoms in total. The minimum Gasteiger partial charge on any atom is -0.438 e. The molecular weight excluding hydrogens is 284 g/mol. The van der Waals surface area contributed by atoms with Crippen molar-refractivity contribution in [2.24, 2.45) is 5.41 Å². The molecule has 0 aliphatic rings. The Kier molecular flexibility index (Phi) is 5.18. The van der Waals surface area contributed by atoms with Crippen molar-refractivity contribution >= 4 is 21.8 Å². The van der Waals surface area contributed by atoms with Crippen molar-refractivity contribution in [3.8, 4) is 0 Å². The van der Waals surface area contributed by atoms with Gasteiger partial charge in [-0.3, -0.25) is 4.79 Å². The number of carbonyl (C=O) groups is 1. The third-order valence-electron chi connectivity index (χ3n) is 2.67. The molecule has 1 heterocycles. The van der Waals surface area contributed by atoms with Gasteiger partial charge in [0, 0.05) is 11.9 Å². The number of rotatable bonds is 6. The van der Waals surface area contributed by atoms with E-state index in [-0.39, 0.29) is 11.3 Å². The molecule has 0 fully saturated rings. The fourth-order valence-electron chi connectivity index (χ4n) is 1.55. The number of halogens is 1. The minimum atomic E-state index is -0.188. The van der Waals surface area contributed by atoms with Gasteiger partial charge in [-0.05, 0) is 25.2 Å². The molecule has 1 rings (SSSR count). The smallest absolute Gasteiger partial charge is 0.289 e. The van der Waals surface area contributed by atoms with Crippen molar-refractivity contribution in [1.29, 1.82) is 0 Å². The maximum atomic E-state index is 11.8. The average Bonchev–Trinajstić information content (AvgIpc) is 2.70. The summed E-state index contributed by atoms with van der Waals surface area (Å²) >= 11 is 3.41. The van der Waals surface area contributed by atoms with Crippen LogP contribution in [0.25, 0.3) is 0 Å². The summed E-state index contributed by atoms with van der Waals surface area (Å²) in [4.78, 5) is 15.7. The molecule has 0 aromatic carbocycles. The number of alkyl halides is 1. The third kappa shape index (κ3) is 4.50. The van der Waals surface area contributed by atoms with Crippen LogP contribution in [-0.2, 0) is 0 Å². The molecule has 0 bridgehead atoms. The van der Waals surface area contributed by atoms with Gasteiger partial charge in [0.1, 0.15) is 0 Å². The van der Waals surface area contributed by atoms with Crippen molar-refractivity contribution in [2.75, 3.05) is 11.9 Å². The lowest BCUT2D eigenvalue weighted by molar-refractivity contribution is 0.0906. The highest BCUT2D eigenvalue weighted by molar-refractivity contribution is 9.09. The molecule has 1 aromatic heterocycles. The fraction of sp³-hybridized carbons (Fsp3) is 0.667. The number of aryl methyl sites for hydroxylation is 1. The minimum absolute atomic E-state index is 0.0946. The van der Waals surface area contributed by atoms with Crippen molar-refractivity contribution < 1.29 is 9.21 Å². The summed E-state index contributed by atoms with van der Waals surface area (Å²) in [6.07, 6.45) is 3.46. The zero-order chi connectivity index (χ0) is 12.9. The molecule has 0 spiro atoms. The van der Waals surface area contributed by atoms with E-state index in [1.165, 1.54) is 6.39 Å². The van der Waals surface area contributed by atoms with E-state index >= 15 is 0 Å². The van der Waals surface area contributed by atoms with Gasteiger partial charge in [0.2, 0.25) is 5.76 Å². The molecule has 0 unspecified atom stereocenters. The molecular formula is C12H19BrN2O2. The highest BCUT2D eigenvalue weighted by atomic mass is 79.9. The van der Waals surface area contributed by atoms with E-state index in [0.717, 1.165) is 18.2 Å². The van der Waals surface area contributed by atoms with E-state index in [1.807, 2.05) is 0 Å². The van der Waals surface area contributed by atoms with Crippen LogP contribution in [0.3, 0.4) is 0 Å². The Balaban J connectivity index is 2.45. The summed E-state index contributed by atoms with van der Waals surface area (Å²) < 4.78 is 5.04. The predicted molar refractivity (Wildman–Crippen MR) is 70.4 cm³/mol. The lowest BCUT2D eigenvalue weighted by Crippen LogP contribution is -2.34. The highest BCUT2D eigenvalue weighted by Gasteiger charge is 2.20. The number of hydrogen-bond acceptors (Lipinski definition) is 3. The third-order valence-corrected chi connectivity index (χ3v) is 3.23. The van der Waals surface area contributed by atoms with Gasteiger partial charge in [-0.25, -0.2) is 4.98 Å². The lowest BCUT2D eigenvalue weighted by atomic mass is 9.88. The Bertz CT molecular complexity index is 374. The van der Waals surface area contributed by atoms with E-state index in [4.69, 9.17) is 4.42 Å². The molecule has 17 heavy (non-hydrogen) atoms. The number of nitrogens with zero attached hydrogens (tertiary/aromatic N) is 1. The van der Waals surface area contributed by atoms with Crippen molar-refractivity contribution in [3.63, 3.8) is 0 Å². The van der Waals surface area contributed by atoms with Crippen molar-refractivity contribution in [1.82, 2.24) is 10.3 Å². The van der Waals surface area contributed by atoms with E-state index in [2.05, 4.69) is 40.1 Å². The maximum absolute atomic E-state index is 11.8. The molecule has 5 heteroatoms. The first-order chi connectivity index (χ1) is 7.96. The number of oxazole rings is 1. The van der Waals surface area contributed by atoms with Crippen LogP contribution in [0, 0.1) is 12.3 Å². The van der Waals surface area contributed by atoms with Gasteiger partial charge in [-0.1, -0.05) is 29.8 Å². The zero-order valence-corrected chi connectivity index (χ0v) is 12.1. The molecule has 1 amide bonds. The Morgan fingerprint density at radius 1 is 1.59 bits per heavy atom. The summed E-state index contributed by atoms with van der Waals surface area (Å²) in [5, 5.41) is 3.88. The van der Waals surface area contributed by atoms with E-state index in [0.29, 0.717) is 18.0 Å². The summed E-state index contributed by atoms with van der Waals surface area (Å²) in [5.41, 5.74) is 0.720. The quantitative estimate of drug-likeness (QED) is 0.822. The standard InChI is InChI=1S/C12H19BrN2O2/c1-9-10(17-8-15-9)11(16)14-7-12(2,3)5-4-6-13/h8H,4-7H2,1-3H3,(H,14,16). The van der Waals surface area contributed by atoms with Crippen molar-refractivity contribution in [2.45, 2.75) is 33.6 Å². The van der Waals surface area contributed by atoms with Crippen LogP contribution in [0.1, 0.15) is 42.9 Å². The number of carbonyl (C=O) groups excluding carboxylic acids is 1. The Labute approximate surface area is 110 Å². The first-order valence-corrected chi connectivity index (χ1v) is 6.83. The maximum Gasteiger partial charge on any atom is 0.289 e. The fourth-order valence-corrected chi connectivity index (χ4v) is 1.83. The van der Waals surface area contributed by atoms with Crippen LogP contribution >= 0.6 is 15.9 Å². The number of amides is 1. The molecule has 0 radical (unpaired) electrons. The van der Waals surface area contributed by atoms with Gasteiger partial charge in [0.25, 0.3) is 5.91 Å². The van der Waals surface area contributed by atoms with Crippen LogP contribution in [0.5, 0.6) is 0 Å². The van der Waals surface area contributed by atoms with E-state index < -0.39 is 0 Å². The predicted octanol–water partition coefficient (Wildman–Crippen LogP) is 2.91. The Hall–Kier alpha value is -0.840. The van der Waals surface area contributed by atoms with E-state index in [1.54, 1.807) is 6.92 Å². The van der Waals surface area contributed by atoms with Gasteiger partial charge >= 0.3 is 0 Å². The molecule has 0 saturated carbocycles. The molecule has 0 aliphatic carbocycles. The van der Waals surface area contributed by atoms with Gasteiger partial charge in [-0.2, -0.15) is 0 Å². The Morgan fingerprint density at radius 2 is 2.29 bits per heavy atom. The van der Waals surface area contributed by atoms with Crippen molar-refractivity contribution in [3.05, 3.63) is 17.8 Å². The number of aromatic nitrogens is 1. The first-order valence-electron chi connectivity index (χ1n) is 5.70. The van der Waals surface area contributed by atoms with E-state index in [9.17, 15) is 4.79 Å². The molecule has 96 valence electrons. The molecule has 0 atom stereocenters. The van der Waals surface area contributed by atoms with Gasteiger partial charge in [-0.15, -0.1) is 0 Å². The summed E-state index contributed by atoms with van der Waals surface area (Å²) in [6.45, 7) is 6.68. The van der Waals surface area contributed by atoms with Crippen LogP contribution < -0.4 is 5.32 Å². The topological polar surface area (TPSA) is 55.1 Å². The van der Waals surface area contributed by atoms with Crippen LogP contribution in [0.4, 0.5) is 0 Å². The second-order valence-electron chi connectivity index (χ2n) is 4.91. The summed E-state index contributed by atoms with van der Waals surface area (Å²) in [6, 6.07) is 0. The van der Waals surface area contributed by atoms with Crippen LogP contribution in [0.2, 0.25) is 0 Å². The second-order valence-corrected chi connectivity index (χ2v) is 5.70. The summed E-state index contributed by atoms with van der Waals surface area (Å²) in [7, 11) is 0. The van der Waals surface area contributed by atoms with Gasteiger partial charge < -0.3 is 9.73 Å². The molecule has 1 aromatic rings. The molecule has 0 aliphatic heterocycles. The van der Waals surface area contributed by atoms with Gasteiger partial charge in [0.05, 0.1) is 5.69 Å². The zero-order valence-electron chi connectivity index (χ0n) is 10.5. The average molecular weight is 303 g/mol. The first kappa shape index (κ1) is 14.2. The van der Waals surface area contributed by atoms with Gasteiger partial charge in [0.15, 0.2) is 6.39 Å². The molecule has 1 N–H and O–H groups in total. The molecule has 0 saturated heterocycles. The second kappa shape index (κ2) is 6.19. The Morgan fingerprint density at radius 3 is 2.82 bits per heavy atom. The SMILES string of the molecule is Cc1ncoc1C(=O)NCC(C)(C)CCCBr. The largest absolute Gasteiger partial charge is 0.438 e. The lowest BCUT2D eigenvalue weighted by Gasteiger charge is -2.24. The number of nitrogens with one attached hydrogen (secondary N) is 1. The summed E-state index contributed by atoms with van der Waals surface area (Å²) in [5.74, 6) is 0.119. The monoisotopic (exact) mass is 302 g/mol. The van der Waals surface area contributed by atoms with Crippen LogP contribution in [0.15, 0.2) is 10.8 Å². The van der Waals surface area contributed by atoms with Crippen LogP contribution in [-0.4, -0.2) is 22.8 Å².